The van der Waals surface area contributed by atoms with Crippen LogP contribution in [-0.2, 0) is 4.79 Å². The molecule has 0 aliphatic carbocycles. The predicted molar refractivity (Wildman–Crippen MR) is 91.2 cm³/mol. The van der Waals surface area contributed by atoms with Crippen LogP contribution < -0.4 is 20.5 Å². The summed E-state index contributed by atoms with van der Waals surface area (Å²) < 4.78 is 10.3. The third-order valence-corrected chi connectivity index (χ3v) is 4.03. The maximum Gasteiger partial charge on any atom is 0.314 e. The lowest BCUT2D eigenvalue weighted by atomic mass is 10.2. The average molecular weight is 365 g/mol. The van der Waals surface area contributed by atoms with Gasteiger partial charge in [0.2, 0.25) is 0 Å². The highest BCUT2D eigenvalue weighted by Crippen LogP contribution is 2.32. The summed E-state index contributed by atoms with van der Waals surface area (Å²) in [6, 6.07) is 5.52. The zero-order chi connectivity index (χ0) is 18.6. The van der Waals surface area contributed by atoms with Crippen molar-refractivity contribution in [1.29, 1.82) is 0 Å². The number of nitrogens with zero attached hydrogens (tertiary/aromatic N) is 1. The molecule has 3 N–H and O–H groups in total. The number of hydrogen-bond acceptors (Lipinski definition) is 7. The van der Waals surface area contributed by atoms with Gasteiger partial charge in [-0.1, -0.05) is 0 Å². The Morgan fingerprint density at radius 1 is 1.36 bits per heavy atom. The molecule has 0 unspecified atom stereocenters. The summed E-state index contributed by atoms with van der Waals surface area (Å²) >= 11 is 1.13. The van der Waals surface area contributed by atoms with Gasteiger partial charge in [-0.3, -0.25) is 19.7 Å². The smallest absolute Gasteiger partial charge is 0.314 e. The van der Waals surface area contributed by atoms with Crippen molar-refractivity contribution in [2.45, 2.75) is 13.0 Å². The zero-order valence-electron chi connectivity index (χ0n) is 13.3. The van der Waals surface area contributed by atoms with Crippen LogP contribution in [0.25, 0.3) is 0 Å². The molecule has 0 spiro atoms. The molecule has 2 amide bonds. The summed E-state index contributed by atoms with van der Waals surface area (Å²) in [6.45, 7) is 1.43. The van der Waals surface area contributed by atoms with E-state index in [2.05, 4.69) is 5.32 Å². The van der Waals surface area contributed by atoms with Crippen molar-refractivity contribution in [3.63, 3.8) is 0 Å². The molecule has 132 valence electrons. The molecule has 9 nitrogen and oxygen atoms in total. The van der Waals surface area contributed by atoms with E-state index in [0.29, 0.717) is 5.75 Å². The van der Waals surface area contributed by atoms with Gasteiger partial charge >= 0.3 is 5.69 Å². The van der Waals surface area contributed by atoms with Crippen LogP contribution in [0.3, 0.4) is 0 Å². The van der Waals surface area contributed by atoms with Gasteiger partial charge in [0.05, 0.1) is 23.7 Å². The predicted octanol–water partition coefficient (Wildman–Crippen LogP) is 2.17. The monoisotopic (exact) mass is 365 g/mol. The highest BCUT2D eigenvalue weighted by atomic mass is 32.1. The summed E-state index contributed by atoms with van der Waals surface area (Å²) in [5.74, 6) is -1.03. The Bertz CT molecular complexity index is 819. The number of ether oxygens (including phenoxy) is 2. The summed E-state index contributed by atoms with van der Waals surface area (Å²) in [7, 11) is 1.38. The highest BCUT2D eigenvalue weighted by Gasteiger charge is 2.23. The lowest BCUT2D eigenvalue weighted by Gasteiger charge is -2.15. The standard InChI is InChI=1S/C15H15N3O6S/c1-8(14(20)17-15-10(13(16)19)5-6-25-15)24-12-4-3-9(23-2)7-11(12)18(21)22/h3-8H,1-2H3,(H2,16,19)(H,17,20)/t8-/m0/s1. The Kier molecular flexibility index (Phi) is 5.55. The molecule has 0 saturated heterocycles. The van der Waals surface area contributed by atoms with Gasteiger partial charge in [-0.15, -0.1) is 11.3 Å². The minimum absolute atomic E-state index is 0.0743. The Morgan fingerprint density at radius 2 is 2.08 bits per heavy atom. The highest BCUT2D eigenvalue weighted by molar-refractivity contribution is 7.14. The Morgan fingerprint density at radius 3 is 2.68 bits per heavy atom. The van der Waals surface area contributed by atoms with Crippen molar-refractivity contribution in [1.82, 2.24) is 0 Å². The van der Waals surface area contributed by atoms with Gasteiger partial charge < -0.3 is 20.5 Å². The number of hydrogen-bond donors (Lipinski definition) is 2. The first-order valence-electron chi connectivity index (χ1n) is 7.00. The van der Waals surface area contributed by atoms with E-state index in [1.807, 2.05) is 0 Å². The number of nitro groups is 1. The first-order chi connectivity index (χ1) is 11.8. The minimum Gasteiger partial charge on any atom is -0.496 e. The number of rotatable bonds is 7. The Balaban J connectivity index is 2.15. The molecular weight excluding hydrogens is 350 g/mol. The van der Waals surface area contributed by atoms with Gasteiger partial charge in [-0.05, 0) is 30.5 Å². The van der Waals surface area contributed by atoms with Gasteiger partial charge in [0.25, 0.3) is 11.8 Å². The van der Waals surface area contributed by atoms with Crippen molar-refractivity contribution >= 4 is 33.8 Å². The van der Waals surface area contributed by atoms with Crippen molar-refractivity contribution < 1.29 is 24.0 Å². The fraction of sp³-hybridized carbons (Fsp3) is 0.200. The molecule has 2 rings (SSSR count). The fourth-order valence-electron chi connectivity index (χ4n) is 1.92. The van der Waals surface area contributed by atoms with Gasteiger partial charge in [-0.25, -0.2) is 0 Å². The average Bonchev–Trinajstić information content (AvgIpc) is 3.03. The molecule has 1 atom stereocenters. The second-order valence-electron chi connectivity index (χ2n) is 4.87. The number of carbonyl (C=O) groups is 2. The van der Waals surface area contributed by atoms with Crippen molar-refractivity contribution in [3.05, 3.63) is 45.3 Å². The molecule has 1 aromatic carbocycles. The first-order valence-corrected chi connectivity index (χ1v) is 7.88. The number of primary amides is 1. The van der Waals surface area contributed by atoms with E-state index in [0.717, 1.165) is 11.3 Å². The maximum atomic E-state index is 12.2. The van der Waals surface area contributed by atoms with Crippen molar-refractivity contribution in [2.75, 3.05) is 12.4 Å². The van der Waals surface area contributed by atoms with Crippen LogP contribution in [0.4, 0.5) is 10.7 Å². The molecule has 0 fully saturated rings. The third kappa shape index (κ3) is 4.23. The lowest BCUT2D eigenvalue weighted by molar-refractivity contribution is -0.386. The number of anilines is 1. The van der Waals surface area contributed by atoms with Crippen LogP contribution in [0.5, 0.6) is 11.5 Å². The van der Waals surface area contributed by atoms with E-state index in [-0.39, 0.29) is 22.0 Å². The molecular formula is C15H15N3O6S. The summed E-state index contributed by atoms with van der Waals surface area (Å²) in [6.07, 6.45) is -1.05. The number of amides is 2. The van der Waals surface area contributed by atoms with Gasteiger partial charge in [0.15, 0.2) is 11.9 Å². The second-order valence-corrected chi connectivity index (χ2v) is 5.78. The van der Waals surface area contributed by atoms with Crippen LogP contribution in [0.15, 0.2) is 29.6 Å². The zero-order valence-corrected chi connectivity index (χ0v) is 14.2. The quantitative estimate of drug-likeness (QED) is 0.570. The van der Waals surface area contributed by atoms with Crippen LogP contribution in [0.1, 0.15) is 17.3 Å². The third-order valence-electron chi connectivity index (χ3n) is 3.20. The minimum atomic E-state index is -1.05. The van der Waals surface area contributed by atoms with Crippen LogP contribution >= 0.6 is 11.3 Å². The molecule has 0 radical (unpaired) electrons. The molecule has 0 aliphatic rings. The summed E-state index contributed by atoms with van der Waals surface area (Å²) in [4.78, 5) is 34.0. The number of nitrogens with two attached hydrogens (primary N) is 1. The lowest BCUT2D eigenvalue weighted by Crippen LogP contribution is -2.30. The van der Waals surface area contributed by atoms with E-state index in [1.54, 1.807) is 5.38 Å². The van der Waals surface area contributed by atoms with E-state index >= 15 is 0 Å². The fourth-order valence-corrected chi connectivity index (χ4v) is 2.72. The SMILES string of the molecule is COc1ccc(O[C@@H](C)C(=O)Nc2sccc2C(N)=O)c([N+](=O)[O-])c1. The van der Waals surface area contributed by atoms with Crippen molar-refractivity contribution in [2.24, 2.45) is 5.73 Å². The number of thiophene rings is 1. The second kappa shape index (κ2) is 7.62. The van der Waals surface area contributed by atoms with Gasteiger partial charge in [0, 0.05) is 0 Å². The van der Waals surface area contributed by atoms with Gasteiger partial charge in [0.1, 0.15) is 10.8 Å². The summed E-state index contributed by atoms with van der Waals surface area (Å²) in [5, 5.41) is 15.6. The number of carbonyl (C=O) groups excluding carboxylic acids is 2. The molecule has 2 aromatic rings. The van der Waals surface area contributed by atoms with Gasteiger partial charge in [-0.2, -0.15) is 0 Å². The Labute approximate surface area is 146 Å². The molecule has 0 bridgehead atoms. The molecule has 25 heavy (non-hydrogen) atoms. The van der Waals surface area contributed by atoms with Crippen LogP contribution in [0, 0.1) is 10.1 Å². The largest absolute Gasteiger partial charge is 0.496 e. The Hall–Kier alpha value is -3.14. The van der Waals surface area contributed by atoms with Crippen LogP contribution in [0.2, 0.25) is 0 Å². The van der Waals surface area contributed by atoms with E-state index in [1.165, 1.54) is 38.3 Å². The van der Waals surface area contributed by atoms with E-state index < -0.39 is 22.8 Å². The molecule has 1 aromatic heterocycles. The summed E-state index contributed by atoms with van der Waals surface area (Å²) in [5.41, 5.74) is 5.07. The number of benzene rings is 1. The van der Waals surface area contributed by atoms with E-state index in [4.69, 9.17) is 15.2 Å². The van der Waals surface area contributed by atoms with Crippen LogP contribution in [-0.4, -0.2) is 30.0 Å². The first kappa shape index (κ1) is 18.2. The van der Waals surface area contributed by atoms with E-state index in [9.17, 15) is 19.7 Å². The maximum absolute atomic E-state index is 12.2. The van der Waals surface area contributed by atoms with Crippen molar-refractivity contribution in [3.8, 4) is 11.5 Å². The molecule has 10 heteroatoms. The molecule has 0 aliphatic heterocycles. The molecule has 1 heterocycles. The number of methoxy groups -OCH3 is 1. The number of nitro benzene ring substituents is 1. The normalized spacial score (nSPS) is 11.4. The molecule has 0 saturated carbocycles. The topological polar surface area (TPSA) is 134 Å². The number of nitrogens with one attached hydrogen (secondary N) is 1.